The number of carbonyl (C=O) groups is 1. The number of hydrogen-bond acceptors (Lipinski definition) is 6. The zero-order chi connectivity index (χ0) is 13.1. The minimum Gasteiger partial charge on any atom is -0.397 e. The van der Waals surface area contributed by atoms with Gasteiger partial charge in [0, 0.05) is 17.2 Å². The molecule has 2 rings (SSSR count). The number of carbonyl (C=O) groups excluding carboxylic acids is 1. The normalized spacial score (nSPS) is 12.6. The van der Waals surface area contributed by atoms with Crippen molar-refractivity contribution < 1.29 is 4.79 Å². The molecule has 1 unspecified atom stereocenters. The number of thioether (sulfide) groups is 1. The van der Waals surface area contributed by atoms with Gasteiger partial charge < -0.3 is 11.1 Å². The highest BCUT2D eigenvalue weighted by molar-refractivity contribution is 7.99. The minimum atomic E-state index is -0.142. The number of anilines is 1. The standard InChI is InChI=1S/C11H14N4OS2/c1-6(17-2)5-13-10(16)9-8(12)7-3-4-14-15-11(7)18-9/h3-4,6H,5,12H2,1-2H3,(H,13,16). The van der Waals surface area contributed by atoms with Crippen LogP contribution in [-0.2, 0) is 0 Å². The predicted octanol–water partition coefficient (Wildman–Crippen LogP) is 1.75. The summed E-state index contributed by atoms with van der Waals surface area (Å²) in [6.45, 7) is 2.68. The lowest BCUT2D eigenvalue weighted by Crippen LogP contribution is -2.29. The quantitative estimate of drug-likeness (QED) is 0.893. The van der Waals surface area contributed by atoms with Crippen LogP contribution in [0.5, 0.6) is 0 Å². The maximum absolute atomic E-state index is 12.0. The Balaban J connectivity index is 2.20. The maximum atomic E-state index is 12.0. The number of hydrogen-bond donors (Lipinski definition) is 2. The van der Waals surface area contributed by atoms with Gasteiger partial charge in [-0.25, -0.2) is 0 Å². The lowest BCUT2D eigenvalue weighted by Gasteiger charge is -2.09. The Labute approximate surface area is 113 Å². The molecule has 0 radical (unpaired) electrons. The number of aromatic nitrogens is 2. The SMILES string of the molecule is CSC(C)CNC(=O)c1sc2nnccc2c1N. The van der Waals surface area contributed by atoms with Gasteiger partial charge in [-0.2, -0.15) is 16.9 Å². The summed E-state index contributed by atoms with van der Waals surface area (Å²) in [5.41, 5.74) is 6.44. The number of nitrogen functional groups attached to an aromatic ring is 1. The molecule has 0 aliphatic rings. The van der Waals surface area contributed by atoms with E-state index >= 15 is 0 Å². The maximum Gasteiger partial charge on any atom is 0.263 e. The first-order valence-electron chi connectivity index (χ1n) is 5.44. The van der Waals surface area contributed by atoms with Crippen LogP contribution < -0.4 is 11.1 Å². The number of rotatable bonds is 4. The van der Waals surface area contributed by atoms with Crippen LogP contribution >= 0.6 is 23.1 Å². The molecule has 1 atom stereocenters. The number of amides is 1. The van der Waals surface area contributed by atoms with E-state index in [1.165, 1.54) is 11.3 Å². The third-order valence-corrected chi connectivity index (χ3v) is 4.65. The second-order valence-corrected chi connectivity index (χ2v) is 6.13. The highest BCUT2D eigenvalue weighted by atomic mass is 32.2. The molecule has 0 aromatic carbocycles. The summed E-state index contributed by atoms with van der Waals surface area (Å²) < 4.78 is 0. The summed E-state index contributed by atoms with van der Waals surface area (Å²) in [6, 6.07) is 1.77. The molecule has 0 fully saturated rings. The second kappa shape index (κ2) is 5.53. The largest absolute Gasteiger partial charge is 0.397 e. The molecule has 0 saturated carbocycles. The van der Waals surface area contributed by atoms with E-state index in [1.807, 2.05) is 6.26 Å². The van der Waals surface area contributed by atoms with Crippen LogP contribution in [0.15, 0.2) is 12.3 Å². The zero-order valence-electron chi connectivity index (χ0n) is 10.1. The van der Waals surface area contributed by atoms with Gasteiger partial charge in [0.2, 0.25) is 0 Å². The number of nitrogens with one attached hydrogen (secondary N) is 1. The van der Waals surface area contributed by atoms with Crippen molar-refractivity contribution in [1.29, 1.82) is 0 Å². The van der Waals surface area contributed by atoms with Crippen LogP contribution in [0.1, 0.15) is 16.6 Å². The Morgan fingerprint density at radius 1 is 1.67 bits per heavy atom. The first-order chi connectivity index (χ1) is 8.63. The smallest absolute Gasteiger partial charge is 0.263 e. The van der Waals surface area contributed by atoms with E-state index < -0.39 is 0 Å². The van der Waals surface area contributed by atoms with Crippen molar-refractivity contribution in [2.45, 2.75) is 12.2 Å². The van der Waals surface area contributed by atoms with Gasteiger partial charge in [-0.05, 0) is 12.3 Å². The number of nitrogens with two attached hydrogens (primary N) is 1. The number of fused-ring (bicyclic) bond motifs is 1. The average Bonchev–Trinajstić information content (AvgIpc) is 2.73. The fraction of sp³-hybridized carbons (Fsp3) is 0.364. The molecule has 0 spiro atoms. The van der Waals surface area contributed by atoms with Gasteiger partial charge in [0.25, 0.3) is 5.91 Å². The molecule has 2 heterocycles. The first kappa shape index (κ1) is 13.1. The van der Waals surface area contributed by atoms with E-state index in [0.29, 0.717) is 27.2 Å². The molecule has 0 bridgehead atoms. The highest BCUT2D eigenvalue weighted by Gasteiger charge is 2.17. The Morgan fingerprint density at radius 2 is 2.44 bits per heavy atom. The van der Waals surface area contributed by atoms with Crippen LogP contribution in [0.4, 0.5) is 5.69 Å². The summed E-state index contributed by atoms with van der Waals surface area (Å²) in [5.74, 6) is -0.142. The third-order valence-electron chi connectivity index (χ3n) is 2.58. The van der Waals surface area contributed by atoms with Crippen LogP contribution in [0.3, 0.4) is 0 Å². The van der Waals surface area contributed by atoms with Gasteiger partial charge in [-0.15, -0.1) is 16.4 Å². The van der Waals surface area contributed by atoms with Crippen molar-refractivity contribution in [3.63, 3.8) is 0 Å². The molecule has 3 N–H and O–H groups in total. The number of thiophene rings is 1. The Bertz CT molecular complexity index is 569. The molecule has 2 aromatic heterocycles. The van der Waals surface area contributed by atoms with Crippen molar-refractivity contribution in [3.8, 4) is 0 Å². The molecule has 18 heavy (non-hydrogen) atoms. The molecular formula is C11H14N4OS2. The first-order valence-corrected chi connectivity index (χ1v) is 7.54. The lowest BCUT2D eigenvalue weighted by atomic mass is 10.3. The molecule has 0 saturated heterocycles. The predicted molar refractivity (Wildman–Crippen MR) is 77.1 cm³/mol. The fourth-order valence-electron chi connectivity index (χ4n) is 1.44. The van der Waals surface area contributed by atoms with Crippen LogP contribution in [0.25, 0.3) is 10.2 Å². The number of nitrogens with zero attached hydrogens (tertiary/aromatic N) is 2. The molecular weight excluding hydrogens is 268 g/mol. The summed E-state index contributed by atoms with van der Waals surface area (Å²) in [4.78, 5) is 13.2. The van der Waals surface area contributed by atoms with Gasteiger partial charge in [0.1, 0.15) is 9.71 Å². The highest BCUT2D eigenvalue weighted by Crippen LogP contribution is 2.31. The topological polar surface area (TPSA) is 80.9 Å². The second-order valence-electron chi connectivity index (χ2n) is 3.85. The monoisotopic (exact) mass is 282 g/mol. The fourth-order valence-corrected chi connectivity index (χ4v) is 2.65. The van der Waals surface area contributed by atoms with E-state index in [9.17, 15) is 4.79 Å². The molecule has 96 valence electrons. The van der Waals surface area contributed by atoms with Crippen molar-refractivity contribution in [3.05, 3.63) is 17.1 Å². The van der Waals surface area contributed by atoms with E-state index in [0.717, 1.165) is 5.39 Å². The van der Waals surface area contributed by atoms with Gasteiger partial charge in [0.05, 0.1) is 11.9 Å². The molecule has 5 nitrogen and oxygen atoms in total. The van der Waals surface area contributed by atoms with Crippen molar-refractivity contribution in [1.82, 2.24) is 15.5 Å². The average molecular weight is 282 g/mol. The lowest BCUT2D eigenvalue weighted by molar-refractivity contribution is 0.0959. The Hall–Kier alpha value is -1.34. The van der Waals surface area contributed by atoms with Crippen LogP contribution in [0, 0.1) is 0 Å². The van der Waals surface area contributed by atoms with Crippen molar-refractivity contribution in [2.24, 2.45) is 0 Å². The Kier molecular flexibility index (Phi) is 4.03. The zero-order valence-corrected chi connectivity index (χ0v) is 11.8. The van der Waals surface area contributed by atoms with Crippen molar-refractivity contribution in [2.75, 3.05) is 18.5 Å². The summed E-state index contributed by atoms with van der Waals surface area (Å²) in [6.07, 6.45) is 3.59. The Morgan fingerprint density at radius 3 is 3.11 bits per heavy atom. The molecule has 0 aliphatic carbocycles. The van der Waals surface area contributed by atoms with E-state index in [-0.39, 0.29) is 5.91 Å². The summed E-state index contributed by atoms with van der Waals surface area (Å²) >= 11 is 2.98. The van der Waals surface area contributed by atoms with E-state index in [1.54, 1.807) is 24.0 Å². The van der Waals surface area contributed by atoms with Crippen LogP contribution in [0.2, 0.25) is 0 Å². The third kappa shape index (κ3) is 2.56. The molecule has 2 aromatic rings. The molecule has 7 heteroatoms. The van der Waals surface area contributed by atoms with Crippen LogP contribution in [-0.4, -0.2) is 34.2 Å². The van der Waals surface area contributed by atoms with Gasteiger partial charge in [-0.3, -0.25) is 4.79 Å². The summed E-state index contributed by atoms with van der Waals surface area (Å²) in [7, 11) is 0. The summed E-state index contributed by atoms with van der Waals surface area (Å²) in [5, 5.41) is 11.8. The molecule has 0 aliphatic heterocycles. The van der Waals surface area contributed by atoms with Gasteiger partial charge in [0.15, 0.2) is 0 Å². The molecule has 1 amide bonds. The minimum absolute atomic E-state index is 0.142. The van der Waals surface area contributed by atoms with Gasteiger partial charge in [-0.1, -0.05) is 6.92 Å². The van der Waals surface area contributed by atoms with E-state index in [2.05, 4.69) is 22.4 Å². The van der Waals surface area contributed by atoms with Gasteiger partial charge >= 0.3 is 0 Å². The van der Waals surface area contributed by atoms with E-state index in [4.69, 9.17) is 5.73 Å². The van der Waals surface area contributed by atoms with Crippen molar-refractivity contribution >= 4 is 44.9 Å².